The van der Waals surface area contributed by atoms with Gasteiger partial charge in [-0.3, -0.25) is 0 Å². The van der Waals surface area contributed by atoms with Crippen molar-refractivity contribution in [1.82, 2.24) is 0 Å². The van der Waals surface area contributed by atoms with E-state index in [0.29, 0.717) is 0 Å². The topological polar surface area (TPSA) is 3.24 Å². The zero-order valence-corrected chi connectivity index (χ0v) is 35.6. The molecule has 0 aliphatic carbocycles. The quantitative estimate of drug-likeness (QED) is 0.111. The SMILES string of the molecule is C(=C(\Cc1ccc(-c2ccc(-c3ccc(N(c4ccccc4)c4ccc(-c5ccccc5)cc4)cc3-c3ccccc3)cc2)cc1)c1ccc(-c2ccccc2)cc1)/c1ccccc1. The normalized spacial score (nSPS) is 11.3. The lowest BCUT2D eigenvalue weighted by Gasteiger charge is -2.27. The Morgan fingerprint density at radius 3 is 1.22 bits per heavy atom. The molecule has 0 saturated carbocycles. The summed E-state index contributed by atoms with van der Waals surface area (Å²) >= 11 is 0. The van der Waals surface area contributed by atoms with Gasteiger partial charge in [0, 0.05) is 17.1 Å². The molecular formula is C63H47N. The van der Waals surface area contributed by atoms with E-state index in [4.69, 9.17) is 0 Å². The molecule has 0 unspecified atom stereocenters. The van der Waals surface area contributed by atoms with E-state index in [1.165, 1.54) is 77.9 Å². The summed E-state index contributed by atoms with van der Waals surface area (Å²) in [6.07, 6.45) is 3.15. The Morgan fingerprint density at radius 2 is 0.672 bits per heavy atom. The minimum absolute atomic E-state index is 0.831. The summed E-state index contributed by atoms with van der Waals surface area (Å²) < 4.78 is 0. The first kappa shape index (κ1) is 39.9. The fourth-order valence-electron chi connectivity index (χ4n) is 8.61. The zero-order chi connectivity index (χ0) is 42.9. The average molecular weight is 818 g/mol. The molecule has 1 nitrogen and oxygen atoms in total. The van der Waals surface area contributed by atoms with Crippen LogP contribution >= 0.6 is 0 Å². The Bertz CT molecular complexity index is 3080. The maximum atomic E-state index is 2.35. The molecule has 1 heteroatoms. The summed E-state index contributed by atoms with van der Waals surface area (Å²) in [5.74, 6) is 0. The fraction of sp³-hybridized carbons (Fsp3) is 0.0159. The number of allylic oxidation sites excluding steroid dienone is 1. The van der Waals surface area contributed by atoms with Gasteiger partial charge in [-0.25, -0.2) is 0 Å². The number of anilines is 3. The Hall–Kier alpha value is -8.26. The fourth-order valence-corrected chi connectivity index (χ4v) is 8.61. The molecule has 64 heavy (non-hydrogen) atoms. The largest absolute Gasteiger partial charge is 0.310 e. The molecule has 0 radical (unpaired) electrons. The van der Waals surface area contributed by atoms with Crippen LogP contribution in [-0.2, 0) is 6.42 Å². The van der Waals surface area contributed by atoms with E-state index >= 15 is 0 Å². The lowest BCUT2D eigenvalue weighted by molar-refractivity contribution is 1.28. The van der Waals surface area contributed by atoms with Crippen molar-refractivity contribution in [3.05, 3.63) is 284 Å². The Morgan fingerprint density at radius 1 is 0.297 bits per heavy atom. The van der Waals surface area contributed by atoms with Gasteiger partial charge in [0.2, 0.25) is 0 Å². The maximum Gasteiger partial charge on any atom is 0.0468 e. The molecule has 0 heterocycles. The summed E-state index contributed by atoms with van der Waals surface area (Å²) in [6.45, 7) is 0. The summed E-state index contributed by atoms with van der Waals surface area (Å²) in [5.41, 5.74) is 20.3. The number of hydrogen-bond donors (Lipinski definition) is 0. The van der Waals surface area contributed by atoms with Crippen molar-refractivity contribution in [3.8, 4) is 55.6 Å². The highest BCUT2D eigenvalue weighted by Crippen LogP contribution is 2.41. The first-order valence-electron chi connectivity index (χ1n) is 22.0. The van der Waals surface area contributed by atoms with Crippen molar-refractivity contribution in [2.24, 2.45) is 0 Å². The van der Waals surface area contributed by atoms with Gasteiger partial charge in [-0.15, -0.1) is 0 Å². The highest BCUT2D eigenvalue weighted by atomic mass is 15.1. The monoisotopic (exact) mass is 817 g/mol. The molecule has 304 valence electrons. The standard InChI is InChI=1S/C63H47N/c1-6-16-47(17-7-1)44-58(55-32-30-52(31-33-55)49-18-8-2-9-19-49)45-48-26-28-51(29-27-48)53-34-36-57(37-35-53)62-43-42-61(46-63(62)56-22-12-4-13-23-56)64(59-24-14-5-15-25-59)60-40-38-54(39-41-60)50-20-10-3-11-21-50/h1-44,46H,45H2/b58-44-. The molecule has 0 N–H and O–H groups in total. The molecule has 0 bridgehead atoms. The van der Waals surface area contributed by atoms with Gasteiger partial charge >= 0.3 is 0 Å². The van der Waals surface area contributed by atoms with Gasteiger partial charge in [0.25, 0.3) is 0 Å². The lowest BCUT2D eigenvalue weighted by Crippen LogP contribution is -2.10. The van der Waals surface area contributed by atoms with E-state index in [0.717, 1.165) is 23.5 Å². The van der Waals surface area contributed by atoms with E-state index < -0.39 is 0 Å². The summed E-state index contributed by atoms with van der Waals surface area (Å²) in [6, 6.07) is 96.0. The van der Waals surface area contributed by atoms with Crippen LogP contribution in [0.25, 0.3) is 67.3 Å². The van der Waals surface area contributed by atoms with Crippen molar-refractivity contribution in [3.63, 3.8) is 0 Å². The third kappa shape index (κ3) is 9.02. The molecular weight excluding hydrogens is 771 g/mol. The number of rotatable bonds is 12. The van der Waals surface area contributed by atoms with Crippen LogP contribution in [0.4, 0.5) is 17.1 Å². The van der Waals surface area contributed by atoms with Crippen LogP contribution in [0.1, 0.15) is 16.7 Å². The van der Waals surface area contributed by atoms with Gasteiger partial charge in [-0.05, 0) is 121 Å². The first-order valence-corrected chi connectivity index (χ1v) is 22.0. The van der Waals surface area contributed by atoms with E-state index in [-0.39, 0.29) is 0 Å². The second-order valence-corrected chi connectivity index (χ2v) is 16.2. The molecule has 0 spiro atoms. The van der Waals surface area contributed by atoms with Gasteiger partial charge < -0.3 is 4.90 Å². The Labute approximate surface area is 377 Å². The summed E-state index contributed by atoms with van der Waals surface area (Å²) in [5, 5.41) is 0. The summed E-state index contributed by atoms with van der Waals surface area (Å²) in [7, 11) is 0. The molecule has 0 fully saturated rings. The predicted molar refractivity (Wildman–Crippen MR) is 273 cm³/mol. The lowest BCUT2D eigenvalue weighted by atomic mass is 9.92. The number of nitrogens with zero attached hydrogens (tertiary/aromatic N) is 1. The molecule has 0 amide bonds. The summed E-state index contributed by atoms with van der Waals surface area (Å²) in [4.78, 5) is 2.35. The van der Waals surface area contributed by atoms with Crippen molar-refractivity contribution in [1.29, 1.82) is 0 Å². The second kappa shape index (κ2) is 18.8. The second-order valence-electron chi connectivity index (χ2n) is 16.2. The molecule has 0 aromatic heterocycles. The maximum absolute atomic E-state index is 2.35. The highest BCUT2D eigenvalue weighted by Gasteiger charge is 2.17. The minimum Gasteiger partial charge on any atom is -0.310 e. The minimum atomic E-state index is 0.831. The van der Waals surface area contributed by atoms with Crippen LogP contribution in [0.2, 0.25) is 0 Å². The van der Waals surface area contributed by atoms with Crippen LogP contribution in [0, 0.1) is 0 Å². The van der Waals surface area contributed by atoms with E-state index in [1.54, 1.807) is 0 Å². The van der Waals surface area contributed by atoms with Crippen LogP contribution < -0.4 is 4.90 Å². The van der Waals surface area contributed by atoms with Crippen molar-refractivity contribution in [2.45, 2.75) is 6.42 Å². The number of para-hydroxylation sites is 1. The molecule has 10 aromatic rings. The smallest absolute Gasteiger partial charge is 0.0468 e. The molecule has 10 aromatic carbocycles. The Balaban J connectivity index is 0.931. The van der Waals surface area contributed by atoms with E-state index in [1.807, 2.05) is 0 Å². The molecule has 0 aliphatic rings. The highest BCUT2D eigenvalue weighted by molar-refractivity contribution is 5.90. The van der Waals surface area contributed by atoms with Crippen LogP contribution in [0.3, 0.4) is 0 Å². The first-order chi connectivity index (χ1) is 31.7. The molecule has 0 saturated heterocycles. The van der Waals surface area contributed by atoms with Crippen molar-refractivity contribution in [2.75, 3.05) is 4.90 Å². The van der Waals surface area contributed by atoms with Crippen molar-refractivity contribution >= 4 is 28.7 Å². The molecule has 0 atom stereocenters. The van der Waals surface area contributed by atoms with Gasteiger partial charge in [0.15, 0.2) is 0 Å². The number of hydrogen-bond acceptors (Lipinski definition) is 1. The van der Waals surface area contributed by atoms with Crippen LogP contribution in [0.5, 0.6) is 0 Å². The third-order valence-corrected chi connectivity index (χ3v) is 12.0. The van der Waals surface area contributed by atoms with Crippen molar-refractivity contribution < 1.29 is 0 Å². The zero-order valence-electron chi connectivity index (χ0n) is 35.6. The predicted octanol–water partition coefficient (Wildman–Crippen LogP) is 17.3. The van der Waals surface area contributed by atoms with Crippen LogP contribution in [0.15, 0.2) is 267 Å². The molecule has 0 aliphatic heterocycles. The third-order valence-electron chi connectivity index (χ3n) is 12.0. The molecule has 10 rings (SSSR count). The van der Waals surface area contributed by atoms with Gasteiger partial charge in [-0.2, -0.15) is 0 Å². The van der Waals surface area contributed by atoms with E-state index in [9.17, 15) is 0 Å². The average Bonchev–Trinajstić information content (AvgIpc) is 3.38. The van der Waals surface area contributed by atoms with Gasteiger partial charge in [0.1, 0.15) is 0 Å². The van der Waals surface area contributed by atoms with Crippen LogP contribution in [-0.4, -0.2) is 0 Å². The van der Waals surface area contributed by atoms with Gasteiger partial charge in [0.05, 0.1) is 0 Å². The van der Waals surface area contributed by atoms with Gasteiger partial charge in [-0.1, -0.05) is 237 Å². The number of benzene rings is 10. The van der Waals surface area contributed by atoms with E-state index in [2.05, 4.69) is 278 Å². The Kier molecular flexibility index (Phi) is 11.7.